The van der Waals surface area contributed by atoms with Gasteiger partial charge in [0.1, 0.15) is 0 Å². The largest absolute Gasteiger partial charge is 0.332 e. The topological polar surface area (TPSA) is 24.1 Å². The van der Waals surface area contributed by atoms with Crippen molar-refractivity contribution in [3.8, 4) is 0 Å². The number of aryl methyl sites for hydroxylation is 2. The first-order valence-corrected chi connectivity index (χ1v) is 7.92. The zero-order valence-corrected chi connectivity index (χ0v) is 13.6. The predicted molar refractivity (Wildman–Crippen MR) is 94.8 cm³/mol. The van der Waals surface area contributed by atoms with Gasteiger partial charge in [0.25, 0.3) is 0 Å². The third-order valence-electron chi connectivity index (χ3n) is 3.48. The van der Waals surface area contributed by atoms with Gasteiger partial charge in [-0.3, -0.25) is 0 Å². The van der Waals surface area contributed by atoms with Gasteiger partial charge >= 0.3 is 0 Å². The maximum absolute atomic E-state index is 5.97. The van der Waals surface area contributed by atoms with Crippen molar-refractivity contribution in [2.45, 2.75) is 19.3 Å². The minimum absolute atomic E-state index is 0.520. The molecule has 2 aromatic carbocycles. The Hall–Kier alpha value is -1.29. The molecule has 1 aliphatic carbocycles. The summed E-state index contributed by atoms with van der Waals surface area (Å²) in [5.41, 5.74) is 4.63. The minimum Gasteiger partial charge on any atom is -0.332 e. The molecule has 0 spiro atoms. The molecule has 0 fully saturated rings. The molecule has 0 saturated carbocycles. The van der Waals surface area contributed by atoms with Gasteiger partial charge in [-0.15, -0.1) is 0 Å². The number of anilines is 2. The first kappa shape index (κ1) is 14.6. The average molecular weight is 337 g/mol. The molecular formula is C16H14Cl2N2S. The molecule has 0 heterocycles. The van der Waals surface area contributed by atoms with Gasteiger partial charge in [0.15, 0.2) is 5.11 Å². The molecule has 5 heteroatoms. The molecule has 21 heavy (non-hydrogen) atoms. The van der Waals surface area contributed by atoms with Crippen LogP contribution in [-0.2, 0) is 12.8 Å². The lowest BCUT2D eigenvalue weighted by atomic mass is 10.1. The summed E-state index contributed by atoms with van der Waals surface area (Å²) in [5, 5.41) is 7.95. The van der Waals surface area contributed by atoms with Gasteiger partial charge in [-0.05, 0) is 72.9 Å². The summed E-state index contributed by atoms with van der Waals surface area (Å²) in [6, 6.07) is 11.6. The second-order valence-corrected chi connectivity index (χ2v) is 6.36. The van der Waals surface area contributed by atoms with Crippen LogP contribution in [0.4, 0.5) is 11.4 Å². The molecule has 3 rings (SSSR count). The zero-order valence-electron chi connectivity index (χ0n) is 11.2. The summed E-state index contributed by atoms with van der Waals surface area (Å²) >= 11 is 17.3. The highest BCUT2D eigenvalue weighted by atomic mass is 35.5. The monoisotopic (exact) mass is 336 g/mol. The number of thiocarbonyl (C=S) groups is 1. The van der Waals surface area contributed by atoms with E-state index in [1.807, 2.05) is 0 Å². The molecule has 2 nitrogen and oxygen atoms in total. The van der Waals surface area contributed by atoms with Crippen molar-refractivity contribution in [2.75, 3.05) is 10.6 Å². The Kier molecular flexibility index (Phi) is 4.34. The maximum Gasteiger partial charge on any atom is 0.175 e. The molecular weight excluding hydrogens is 323 g/mol. The van der Waals surface area contributed by atoms with E-state index in [1.165, 1.54) is 24.0 Å². The Balaban J connectivity index is 1.69. The Morgan fingerprint density at radius 2 is 1.52 bits per heavy atom. The number of rotatable bonds is 2. The van der Waals surface area contributed by atoms with Crippen LogP contribution in [0.5, 0.6) is 0 Å². The molecule has 0 unspecified atom stereocenters. The van der Waals surface area contributed by atoms with E-state index in [0.29, 0.717) is 15.2 Å². The highest BCUT2D eigenvalue weighted by Crippen LogP contribution is 2.25. The van der Waals surface area contributed by atoms with E-state index in [-0.39, 0.29) is 0 Å². The van der Waals surface area contributed by atoms with Gasteiger partial charge in [-0.2, -0.15) is 0 Å². The number of hydrogen-bond donors (Lipinski definition) is 2. The lowest BCUT2D eigenvalue weighted by Gasteiger charge is -2.12. The molecule has 1 aliphatic rings. The molecule has 108 valence electrons. The van der Waals surface area contributed by atoms with Crippen LogP contribution >= 0.6 is 35.4 Å². The van der Waals surface area contributed by atoms with Crippen LogP contribution in [0.1, 0.15) is 17.5 Å². The van der Waals surface area contributed by atoms with E-state index in [4.69, 9.17) is 35.4 Å². The third-order valence-corrected chi connectivity index (χ3v) is 4.12. The second kappa shape index (κ2) is 6.22. The van der Waals surface area contributed by atoms with Gasteiger partial charge < -0.3 is 10.6 Å². The zero-order chi connectivity index (χ0) is 14.8. The van der Waals surface area contributed by atoms with E-state index >= 15 is 0 Å². The molecule has 0 saturated heterocycles. The molecule has 0 aromatic heterocycles. The highest BCUT2D eigenvalue weighted by Gasteiger charge is 2.11. The van der Waals surface area contributed by atoms with Crippen molar-refractivity contribution in [3.05, 3.63) is 57.6 Å². The fourth-order valence-electron chi connectivity index (χ4n) is 2.57. The lowest BCUT2D eigenvalue weighted by molar-refractivity contribution is 0.912. The molecule has 0 bridgehead atoms. The number of nitrogens with one attached hydrogen (secondary N) is 2. The van der Waals surface area contributed by atoms with Gasteiger partial charge in [0, 0.05) is 21.4 Å². The minimum atomic E-state index is 0.520. The summed E-state index contributed by atoms with van der Waals surface area (Å²) in [6.07, 6.45) is 3.57. The fourth-order valence-corrected chi connectivity index (χ4v) is 3.33. The van der Waals surface area contributed by atoms with Crippen molar-refractivity contribution in [2.24, 2.45) is 0 Å². The molecule has 0 amide bonds. The molecule has 0 atom stereocenters. The van der Waals surface area contributed by atoms with Crippen LogP contribution < -0.4 is 10.6 Å². The molecule has 2 aromatic rings. The number of fused-ring (bicyclic) bond motifs is 1. The number of hydrogen-bond acceptors (Lipinski definition) is 1. The van der Waals surface area contributed by atoms with E-state index in [2.05, 4.69) is 28.8 Å². The number of benzene rings is 2. The summed E-state index contributed by atoms with van der Waals surface area (Å²) in [5.74, 6) is 0. The summed E-state index contributed by atoms with van der Waals surface area (Å²) < 4.78 is 0. The van der Waals surface area contributed by atoms with E-state index in [9.17, 15) is 0 Å². The van der Waals surface area contributed by atoms with E-state index < -0.39 is 0 Å². The van der Waals surface area contributed by atoms with E-state index in [0.717, 1.165) is 17.8 Å². The van der Waals surface area contributed by atoms with Crippen LogP contribution in [0.2, 0.25) is 10.0 Å². The van der Waals surface area contributed by atoms with Crippen molar-refractivity contribution in [3.63, 3.8) is 0 Å². The van der Waals surface area contributed by atoms with Gasteiger partial charge in [0.05, 0.1) is 0 Å². The van der Waals surface area contributed by atoms with Crippen molar-refractivity contribution in [1.29, 1.82) is 0 Å². The van der Waals surface area contributed by atoms with Crippen LogP contribution in [0.3, 0.4) is 0 Å². The third kappa shape index (κ3) is 3.67. The first-order valence-electron chi connectivity index (χ1n) is 6.76. The molecule has 0 radical (unpaired) electrons. The van der Waals surface area contributed by atoms with Crippen molar-refractivity contribution < 1.29 is 0 Å². The van der Waals surface area contributed by atoms with Gasteiger partial charge in [-0.1, -0.05) is 29.3 Å². The normalized spacial score (nSPS) is 12.9. The number of halogens is 2. The van der Waals surface area contributed by atoms with Crippen LogP contribution in [0, 0.1) is 0 Å². The van der Waals surface area contributed by atoms with Crippen molar-refractivity contribution in [1.82, 2.24) is 0 Å². The fraction of sp³-hybridized carbons (Fsp3) is 0.188. The lowest BCUT2D eigenvalue weighted by Crippen LogP contribution is -2.19. The standard InChI is InChI=1S/C16H14Cl2N2S/c17-12-7-13(18)9-15(8-12)20-16(21)19-14-5-4-10-2-1-3-11(10)6-14/h4-9H,1-3H2,(H2,19,20,21). The predicted octanol–water partition coefficient (Wildman–Crippen LogP) is 5.29. The summed E-state index contributed by atoms with van der Waals surface area (Å²) in [6.45, 7) is 0. The Morgan fingerprint density at radius 1 is 0.857 bits per heavy atom. The van der Waals surface area contributed by atoms with Crippen LogP contribution in [0.25, 0.3) is 0 Å². The second-order valence-electron chi connectivity index (χ2n) is 5.07. The van der Waals surface area contributed by atoms with Crippen LogP contribution in [0.15, 0.2) is 36.4 Å². The average Bonchev–Trinajstić information content (AvgIpc) is 2.84. The summed E-state index contributed by atoms with van der Waals surface area (Å²) in [4.78, 5) is 0. The van der Waals surface area contributed by atoms with Gasteiger partial charge in [0.2, 0.25) is 0 Å². The highest BCUT2D eigenvalue weighted by molar-refractivity contribution is 7.80. The Morgan fingerprint density at radius 3 is 2.29 bits per heavy atom. The van der Waals surface area contributed by atoms with Crippen molar-refractivity contribution >= 4 is 51.9 Å². The quantitative estimate of drug-likeness (QED) is 0.728. The summed E-state index contributed by atoms with van der Waals surface area (Å²) in [7, 11) is 0. The smallest absolute Gasteiger partial charge is 0.175 e. The SMILES string of the molecule is S=C(Nc1cc(Cl)cc(Cl)c1)Nc1ccc2c(c1)CCC2. The van der Waals surface area contributed by atoms with E-state index in [1.54, 1.807) is 18.2 Å². The molecule has 0 aliphatic heterocycles. The molecule has 2 N–H and O–H groups in total. The first-order chi connectivity index (χ1) is 10.1. The van der Waals surface area contributed by atoms with Gasteiger partial charge in [-0.25, -0.2) is 0 Å². The maximum atomic E-state index is 5.97. The Bertz CT molecular complexity index is 680. The Labute approximate surface area is 139 Å². The van der Waals surface area contributed by atoms with Crippen LogP contribution in [-0.4, -0.2) is 5.11 Å².